The van der Waals surface area contributed by atoms with Crippen molar-refractivity contribution >= 4 is 36.9 Å². The number of hydrogen-bond donors (Lipinski definition) is 1. The molecule has 2 saturated heterocycles. The maximum absolute atomic E-state index is 13.0. The maximum atomic E-state index is 13.0. The summed E-state index contributed by atoms with van der Waals surface area (Å²) in [5.74, 6) is 0.218. The van der Waals surface area contributed by atoms with Crippen molar-refractivity contribution in [2.24, 2.45) is 0 Å². The molecule has 3 aliphatic rings. The van der Waals surface area contributed by atoms with Crippen molar-refractivity contribution < 1.29 is 19.2 Å². The van der Waals surface area contributed by atoms with E-state index in [0.717, 1.165) is 30.3 Å². The van der Waals surface area contributed by atoms with E-state index in [4.69, 9.17) is 4.84 Å². The Kier molecular flexibility index (Phi) is 6.92. The SMILES string of the molecule is O=C[B]N1CC=C(c2ccc(NC(=O)[C@@H]3CC[C@@H]4CN3C(=O)N4OCc3ccccc3)nc2)CC1. The van der Waals surface area contributed by atoms with Gasteiger partial charge in [-0.3, -0.25) is 9.63 Å². The third kappa shape index (κ3) is 5.13. The zero-order valence-electron chi connectivity index (χ0n) is 19.4. The Morgan fingerprint density at radius 3 is 2.77 bits per heavy atom. The quantitative estimate of drug-likeness (QED) is 0.468. The van der Waals surface area contributed by atoms with Gasteiger partial charge in [-0.1, -0.05) is 36.4 Å². The molecular weight excluding hydrogens is 445 g/mol. The van der Waals surface area contributed by atoms with E-state index in [1.165, 1.54) is 10.6 Å². The first-order valence-corrected chi connectivity index (χ1v) is 11.9. The number of carbonyl (C=O) groups is 3. The molecule has 1 aromatic heterocycles. The number of piperidine rings is 1. The molecule has 179 valence electrons. The molecule has 4 heterocycles. The molecule has 0 spiro atoms. The van der Waals surface area contributed by atoms with E-state index in [0.29, 0.717) is 38.4 Å². The van der Waals surface area contributed by atoms with Gasteiger partial charge in [-0.05, 0) is 54.6 Å². The number of carbonyl (C=O) groups excluding carboxylic acids is 3. The molecule has 3 amide bonds. The lowest BCUT2D eigenvalue weighted by molar-refractivity contribution is -0.140. The molecule has 1 aromatic carbocycles. The summed E-state index contributed by atoms with van der Waals surface area (Å²) in [4.78, 5) is 50.4. The Labute approximate surface area is 205 Å². The molecule has 2 aromatic rings. The fraction of sp³-hybridized carbons (Fsp3) is 0.360. The third-order valence-corrected chi connectivity index (χ3v) is 6.74. The van der Waals surface area contributed by atoms with Crippen LogP contribution < -0.4 is 5.32 Å². The van der Waals surface area contributed by atoms with Crippen molar-refractivity contribution in [2.75, 3.05) is 25.0 Å². The van der Waals surface area contributed by atoms with Crippen molar-refractivity contribution in [3.8, 4) is 0 Å². The molecule has 0 unspecified atom stereocenters. The van der Waals surface area contributed by atoms with E-state index in [2.05, 4.69) is 16.4 Å². The van der Waals surface area contributed by atoms with Gasteiger partial charge in [0, 0.05) is 19.3 Å². The lowest BCUT2D eigenvalue weighted by Crippen LogP contribution is -2.47. The number of hydrogen-bond acceptors (Lipinski definition) is 6. The average Bonchev–Trinajstić information content (AvgIpc) is 3.13. The van der Waals surface area contributed by atoms with Crippen LogP contribution in [0.3, 0.4) is 0 Å². The zero-order chi connectivity index (χ0) is 24.2. The Balaban J connectivity index is 1.17. The van der Waals surface area contributed by atoms with Crippen LogP contribution in [0, 0.1) is 0 Å². The zero-order valence-corrected chi connectivity index (χ0v) is 19.4. The summed E-state index contributed by atoms with van der Waals surface area (Å²) in [6.45, 7) is 2.26. The van der Waals surface area contributed by atoms with E-state index in [1.54, 1.807) is 24.6 Å². The topological polar surface area (TPSA) is 95.1 Å². The summed E-state index contributed by atoms with van der Waals surface area (Å²) < 4.78 is 0. The van der Waals surface area contributed by atoms with Crippen LogP contribution in [0.15, 0.2) is 54.7 Å². The number of pyridine rings is 1. The number of rotatable bonds is 8. The number of nitrogens with one attached hydrogen (secondary N) is 1. The van der Waals surface area contributed by atoms with Crippen molar-refractivity contribution in [1.29, 1.82) is 0 Å². The van der Waals surface area contributed by atoms with Gasteiger partial charge < -0.3 is 19.8 Å². The van der Waals surface area contributed by atoms with E-state index >= 15 is 0 Å². The third-order valence-electron chi connectivity index (χ3n) is 6.74. The minimum Gasteiger partial charge on any atom is -0.336 e. The van der Waals surface area contributed by atoms with Crippen LogP contribution in [0.25, 0.3) is 5.57 Å². The van der Waals surface area contributed by atoms with E-state index in [-0.39, 0.29) is 18.0 Å². The monoisotopic (exact) mass is 472 g/mol. The van der Waals surface area contributed by atoms with Gasteiger partial charge in [0.1, 0.15) is 18.5 Å². The number of aromatic nitrogens is 1. The second-order valence-electron chi connectivity index (χ2n) is 8.95. The van der Waals surface area contributed by atoms with Gasteiger partial charge in [0.25, 0.3) is 7.41 Å². The van der Waals surface area contributed by atoms with Gasteiger partial charge in [0.15, 0.2) is 0 Å². The molecule has 5 rings (SSSR count). The molecule has 1 N–H and O–H groups in total. The number of fused-ring (bicyclic) bond motifs is 2. The Bertz CT molecular complexity index is 1110. The summed E-state index contributed by atoms with van der Waals surface area (Å²) in [6.07, 6.45) is 6.73. The normalized spacial score (nSPS) is 22.1. The molecular formula is C25H27BN5O4. The molecule has 2 fully saturated rings. The van der Waals surface area contributed by atoms with Crippen LogP contribution in [0.2, 0.25) is 0 Å². The summed E-state index contributed by atoms with van der Waals surface area (Å²) in [7, 11) is 1.55. The van der Waals surface area contributed by atoms with Crippen LogP contribution in [0.5, 0.6) is 0 Å². The largest absolute Gasteiger partial charge is 0.345 e. The van der Waals surface area contributed by atoms with Crippen LogP contribution >= 0.6 is 0 Å². The van der Waals surface area contributed by atoms with Gasteiger partial charge in [0.2, 0.25) is 5.91 Å². The Morgan fingerprint density at radius 2 is 2.06 bits per heavy atom. The van der Waals surface area contributed by atoms with E-state index in [1.807, 2.05) is 41.2 Å². The second-order valence-corrected chi connectivity index (χ2v) is 8.95. The number of nitrogens with zero attached hydrogens (tertiary/aromatic N) is 4. The standard InChI is InChI=1S/C25H27BN5O4/c32-17-26-29-12-10-19(11-13-29)20-6-9-23(27-14-20)28-24(33)22-8-7-21-15-30(22)25(34)31(21)35-16-18-4-2-1-3-5-18/h1-6,9-10,14,17,21-22H,7-8,11-13,15-16H2,(H,27,28,33)/t21-,22+/m1/s1. The molecule has 9 nitrogen and oxygen atoms in total. The lowest BCUT2D eigenvalue weighted by atomic mass is 9.90. The average molecular weight is 472 g/mol. The fourth-order valence-corrected chi connectivity index (χ4v) is 4.82. The summed E-state index contributed by atoms with van der Waals surface area (Å²) in [5.41, 5.74) is 3.15. The summed E-state index contributed by atoms with van der Waals surface area (Å²) >= 11 is 0. The van der Waals surface area contributed by atoms with Crippen molar-refractivity contribution in [2.45, 2.75) is 38.0 Å². The van der Waals surface area contributed by atoms with Crippen molar-refractivity contribution in [3.63, 3.8) is 0 Å². The highest BCUT2D eigenvalue weighted by Crippen LogP contribution is 2.31. The van der Waals surface area contributed by atoms with Gasteiger partial charge in [-0.15, -0.1) is 0 Å². The predicted molar refractivity (Wildman–Crippen MR) is 132 cm³/mol. The highest BCUT2D eigenvalue weighted by atomic mass is 16.7. The molecule has 0 saturated carbocycles. The number of anilines is 1. The number of benzene rings is 1. The van der Waals surface area contributed by atoms with Crippen LogP contribution in [0.1, 0.15) is 30.4 Å². The minimum absolute atomic E-state index is 0.0449. The first kappa shape index (κ1) is 23.3. The Hall–Kier alpha value is -3.50. The first-order valence-electron chi connectivity index (χ1n) is 11.9. The van der Waals surface area contributed by atoms with Crippen LogP contribution in [-0.2, 0) is 21.0 Å². The molecule has 10 heteroatoms. The van der Waals surface area contributed by atoms with Crippen molar-refractivity contribution in [3.05, 3.63) is 65.9 Å². The molecule has 0 aliphatic carbocycles. The first-order chi connectivity index (χ1) is 17.1. The lowest BCUT2D eigenvalue weighted by Gasteiger charge is -2.29. The summed E-state index contributed by atoms with van der Waals surface area (Å²) in [6, 6.07) is 12.6. The highest BCUT2D eigenvalue weighted by Gasteiger charge is 2.48. The van der Waals surface area contributed by atoms with Gasteiger partial charge in [0.05, 0.1) is 12.2 Å². The van der Waals surface area contributed by atoms with Gasteiger partial charge in [-0.2, -0.15) is 5.06 Å². The van der Waals surface area contributed by atoms with Gasteiger partial charge in [-0.25, -0.2) is 9.78 Å². The summed E-state index contributed by atoms with van der Waals surface area (Å²) in [5, 5.41) is 4.30. The molecule has 2 bridgehead atoms. The molecule has 3 aliphatic heterocycles. The molecule has 1 radical (unpaired) electrons. The molecule has 35 heavy (non-hydrogen) atoms. The Morgan fingerprint density at radius 1 is 1.20 bits per heavy atom. The van der Waals surface area contributed by atoms with Crippen molar-refractivity contribution in [1.82, 2.24) is 19.8 Å². The number of amides is 3. The maximum Gasteiger partial charge on any atom is 0.345 e. The van der Waals surface area contributed by atoms with E-state index < -0.39 is 6.04 Å². The second kappa shape index (κ2) is 10.4. The predicted octanol–water partition coefficient (Wildman–Crippen LogP) is 2.32. The number of urea groups is 1. The molecule has 2 atom stereocenters. The number of hydroxylamine groups is 2. The fourth-order valence-electron chi connectivity index (χ4n) is 4.82. The van der Waals surface area contributed by atoms with Gasteiger partial charge >= 0.3 is 6.03 Å². The highest BCUT2D eigenvalue weighted by molar-refractivity contribution is 6.64. The van der Waals surface area contributed by atoms with E-state index in [9.17, 15) is 14.4 Å². The van der Waals surface area contributed by atoms with Crippen LogP contribution in [0.4, 0.5) is 10.6 Å². The van der Waals surface area contributed by atoms with Crippen LogP contribution in [-0.4, -0.2) is 77.0 Å². The smallest absolute Gasteiger partial charge is 0.336 e. The minimum atomic E-state index is -0.549.